The van der Waals surface area contributed by atoms with Crippen molar-refractivity contribution in [2.24, 2.45) is 5.92 Å². The number of hydrogen-bond donors (Lipinski definition) is 1. The van der Waals surface area contributed by atoms with Crippen LogP contribution in [0.2, 0.25) is 0 Å². The molecule has 0 aromatic carbocycles. The van der Waals surface area contributed by atoms with Crippen LogP contribution in [0.3, 0.4) is 0 Å². The molecule has 0 bridgehead atoms. The summed E-state index contributed by atoms with van der Waals surface area (Å²) in [6.45, 7) is 3.63. The van der Waals surface area contributed by atoms with Crippen LogP contribution in [0.25, 0.3) is 11.0 Å². The zero-order chi connectivity index (χ0) is 20.4. The molecule has 1 saturated heterocycles. The fourth-order valence-electron chi connectivity index (χ4n) is 4.42. The predicted octanol–water partition coefficient (Wildman–Crippen LogP) is 2.39. The molecule has 0 radical (unpaired) electrons. The van der Waals surface area contributed by atoms with Crippen molar-refractivity contribution in [2.45, 2.75) is 51.2 Å². The molecule has 3 heterocycles. The number of unbranched alkanes of at least 4 members (excludes halogenated alkanes) is 1. The summed E-state index contributed by atoms with van der Waals surface area (Å²) in [5.74, 6) is 1.34. The van der Waals surface area contributed by atoms with E-state index in [0.717, 1.165) is 49.0 Å². The van der Waals surface area contributed by atoms with Gasteiger partial charge in [0.05, 0.1) is 23.8 Å². The number of nitrogens with zero attached hydrogens (tertiary/aromatic N) is 4. The first kappa shape index (κ1) is 20.6. The van der Waals surface area contributed by atoms with Crippen LogP contribution in [0.5, 0.6) is 0 Å². The van der Waals surface area contributed by atoms with Gasteiger partial charge in [0.25, 0.3) is 0 Å². The second-order valence-electron chi connectivity index (χ2n) is 8.31. The highest BCUT2D eigenvalue weighted by atomic mass is 32.2. The van der Waals surface area contributed by atoms with Gasteiger partial charge >= 0.3 is 0 Å². The highest BCUT2D eigenvalue weighted by molar-refractivity contribution is 7.89. The third-order valence-electron chi connectivity index (χ3n) is 6.25. The van der Waals surface area contributed by atoms with E-state index >= 15 is 0 Å². The Bertz CT molecular complexity index is 925. The fourth-order valence-corrected chi connectivity index (χ4v) is 6.24. The predicted molar refractivity (Wildman–Crippen MR) is 113 cm³/mol. The molecule has 2 aromatic rings. The molecule has 1 N–H and O–H groups in total. The molecule has 160 valence electrons. The number of H-pyrrole nitrogens is 1. The van der Waals surface area contributed by atoms with E-state index in [9.17, 15) is 8.42 Å². The molecule has 9 heteroatoms. The van der Waals surface area contributed by atoms with Gasteiger partial charge in [-0.25, -0.2) is 18.4 Å². The van der Waals surface area contributed by atoms with Crippen molar-refractivity contribution in [1.29, 1.82) is 0 Å². The molecule has 2 aliphatic rings. The summed E-state index contributed by atoms with van der Waals surface area (Å²) < 4.78 is 33.3. The Morgan fingerprint density at radius 2 is 2.17 bits per heavy atom. The molecule has 2 fully saturated rings. The molecule has 2 aromatic heterocycles. The number of nitrogens with one attached hydrogen (secondary N) is 1. The Morgan fingerprint density at radius 3 is 2.97 bits per heavy atom. The number of aromatic amines is 1. The summed E-state index contributed by atoms with van der Waals surface area (Å²) >= 11 is 0. The van der Waals surface area contributed by atoms with E-state index in [1.54, 1.807) is 10.6 Å². The van der Waals surface area contributed by atoms with E-state index in [-0.39, 0.29) is 17.8 Å². The van der Waals surface area contributed by atoms with E-state index in [4.69, 9.17) is 4.74 Å². The van der Waals surface area contributed by atoms with Crippen molar-refractivity contribution in [3.63, 3.8) is 0 Å². The summed E-state index contributed by atoms with van der Waals surface area (Å²) in [5, 5.41) is 0.998. The molecule has 29 heavy (non-hydrogen) atoms. The van der Waals surface area contributed by atoms with E-state index in [1.807, 2.05) is 19.3 Å². The van der Waals surface area contributed by atoms with Gasteiger partial charge in [0, 0.05) is 32.4 Å². The maximum Gasteiger partial charge on any atom is 0.214 e. The summed E-state index contributed by atoms with van der Waals surface area (Å²) in [6.07, 6.45) is 8.33. The molecule has 1 saturated carbocycles. The molecule has 1 unspecified atom stereocenters. The second kappa shape index (κ2) is 8.57. The Kier molecular flexibility index (Phi) is 6.08. The minimum atomic E-state index is -3.24. The molecule has 8 nitrogen and oxygen atoms in total. The molecule has 1 aliphatic heterocycles. The van der Waals surface area contributed by atoms with Crippen molar-refractivity contribution < 1.29 is 13.2 Å². The normalized spacial score (nSPS) is 25.8. The Hall–Kier alpha value is -1.71. The Balaban J connectivity index is 1.32. The van der Waals surface area contributed by atoms with Gasteiger partial charge in [-0.2, -0.15) is 4.31 Å². The molecule has 0 spiro atoms. The van der Waals surface area contributed by atoms with Crippen LogP contribution >= 0.6 is 0 Å². The molecular weight excluding hydrogens is 390 g/mol. The summed E-state index contributed by atoms with van der Waals surface area (Å²) in [4.78, 5) is 14.0. The summed E-state index contributed by atoms with van der Waals surface area (Å²) in [5.41, 5.74) is 0.824. The number of rotatable bonds is 8. The van der Waals surface area contributed by atoms with Gasteiger partial charge in [0.15, 0.2) is 0 Å². The molecule has 1 aliphatic carbocycles. The summed E-state index contributed by atoms with van der Waals surface area (Å²) in [7, 11) is -1.20. The monoisotopic (exact) mass is 421 g/mol. The number of sulfonamides is 1. The fraction of sp³-hybridized carbons (Fsp3) is 0.700. The molecule has 0 amide bonds. The first-order valence-corrected chi connectivity index (χ1v) is 12.2. The van der Waals surface area contributed by atoms with Crippen molar-refractivity contribution in [2.75, 3.05) is 37.4 Å². The summed E-state index contributed by atoms with van der Waals surface area (Å²) in [6, 6.07) is 2.29. The van der Waals surface area contributed by atoms with Crippen LogP contribution in [0, 0.1) is 5.92 Å². The number of fused-ring (bicyclic) bond motifs is 1. The first-order valence-electron chi connectivity index (χ1n) is 10.6. The zero-order valence-corrected chi connectivity index (χ0v) is 18.1. The number of hydrogen-bond acceptors (Lipinski definition) is 6. The maximum absolute atomic E-state index is 12.9. The first-order chi connectivity index (χ1) is 14.0. The third-order valence-corrected chi connectivity index (χ3v) is 8.26. The van der Waals surface area contributed by atoms with Crippen LogP contribution in [0.15, 0.2) is 18.6 Å². The van der Waals surface area contributed by atoms with Crippen molar-refractivity contribution in [3.8, 4) is 0 Å². The lowest BCUT2D eigenvalue weighted by Crippen LogP contribution is -2.50. The maximum atomic E-state index is 12.9. The zero-order valence-electron chi connectivity index (χ0n) is 17.2. The van der Waals surface area contributed by atoms with Gasteiger partial charge in [0.2, 0.25) is 10.0 Å². The Morgan fingerprint density at radius 1 is 1.34 bits per heavy atom. The van der Waals surface area contributed by atoms with Gasteiger partial charge in [-0.1, -0.05) is 19.8 Å². The van der Waals surface area contributed by atoms with Gasteiger partial charge < -0.3 is 14.6 Å². The highest BCUT2D eigenvalue weighted by Crippen LogP contribution is 2.36. The van der Waals surface area contributed by atoms with Gasteiger partial charge in [-0.15, -0.1) is 0 Å². The van der Waals surface area contributed by atoms with Crippen molar-refractivity contribution >= 4 is 26.9 Å². The lowest BCUT2D eigenvalue weighted by Gasteiger charge is -2.42. The van der Waals surface area contributed by atoms with Crippen LogP contribution in [0.1, 0.15) is 39.0 Å². The number of anilines is 1. The van der Waals surface area contributed by atoms with Gasteiger partial charge in [-0.05, 0) is 31.2 Å². The van der Waals surface area contributed by atoms with Crippen LogP contribution in [0.4, 0.5) is 5.82 Å². The number of morpholine rings is 1. The van der Waals surface area contributed by atoms with E-state index in [2.05, 4.69) is 26.8 Å². The highest BCUT2D eigenvalue weighted by Gasteiger charge is 2.38. The average Bonchev–Trinajstić information content (AvgIpc) is 3.17. The van der Waals surface area contributed by atoms with E-state index in [0.29, 0.717) is 25.7 Å². The second-order valence-corrected chi connectivity index (χ2v) is 10.3. The van der Waals surface area contributed by atoms with E-state index < -0.39 is 10.0 Å². The average molecular weight is 422 g/mol. The van der Waals surface area contributed by atoms with E-state index in [1.165, 1.54) is 0 Å². The number of ether oxygens (including phenoxy) is 1. The largest absolute Gasteiger partial charge is 0.375 e. The van der Waals surface area contributed by atoms with Crippen LogP contribution in [-0.4, -0.2) is 72.3 Å². The van der Waals surface area contributed by atoms with Crippen LogP contribution in [-0.2, 0) is 14.8 Å². The minimum Gasteiger partial charge on any atom is -0.375 e. The van der Waals surface area contributed by atoms with Gasteiger partial charge in [0.1, 0.15) is 17.8 Å². The van der Waals surface area contributed by atoms with Crippen molar-refractivity contribution in [3.05, 3.63) is 18.6 Å². The quantitative estimate of drug-likeness (QED) is 0.704. The van der Waals surface area contributed by atoms with Gasteiger partial charge in [-0.3, -0.25) is 0 Å². The van der Waals surface area contributed by atoms with Crippen molar-refractivity contribution in [1.82, 2.24) is 19.3 Å². The lowest BCUT2D eigenvalue weighted by molar-refractivity contribution is -0.00672. The SMILES string of the molecule is CCCCC1CN(S(=O)(=O)CC2CC(N(C)c3ncnc4[nH]ccc34)C2)CCO1. The topological polar surface area (TPSA) is 91.4 Å². The lowest BCUT2D eigenvalue weighted by atomic mass is 9.81. The third kappa shape index (κ3) is 4.41. The Labute approximate surface area is 172 Å². The molecule has 1 atom stereocenters. The standard InChI is InChI=1S/C20H31N5O3S/c1-3-4-5-17-12-25(8-9-28-17)29(26,27)13-15-10-16(11-15)24(2)20-18-6-7-21-19(18)22-14-23-20/h6-7,14-17H,3-5,8-13H2,1-2H3,(H,21,22,23). The minimum absolute atomic E-state index is 0.0419. The smallest absolute Gasteiger partial charge is 0.214 e. The number of aromatic nitrogens is 3. The molecule has 4 rings (SSSR count). The van der Waals surface area contributed by atoms with Crippen LogP contribution < -0.4 is 4.90 Å². The molecular formula is C20H31N5O3S.